The molecule has 164 valence electrons. The highest BCUT2D eigenvalue weighted by atomic mass is 32.1. The van der Waals surface area contributed by atoms with Crippen LogP contribution < -0.4 is 4.74 Å². The Bertz CT molecular complexity index is 862. The van der Waals surface area contributed by atoms with Crippen molar-refractivity contribution in [1.29, 1.82) is 0 Å². The minimum atomic E-state index is -0.137. The van der Waals surface area contributed by atoms with Crippen molar-refractivity contribution >= 4 is 17.3 Å². The zero-order valence-electron chi connectivity index (χ0n) is 18.8. The number of carbonyl (C=O) groups excluding carboxylic acids is 1. The Morgan fingerprint density at radius 3 is 2.73 bits per heavy atom. The largest absolute Gasteiger partial charge is 0.486 e. The number of carbonyl (C=O) groups is 1. The van der Waals surface area contributed by atoms with Gasteiger partial charge in [0.25, 0.3) is 0 Å². The van der Waals surface area contributed by atoms with E-state index in [-0.39, 0.29) is 12.1 Å². The third-order valence-electron chi connectivity index (χ3n) is 9.39. The molecule has 2 unspecified atom stereocenters. The van der Waals surface area contributed by atoms with Crippen LogP contribution in [-0.2, 0) is 9.53 Å². The van der Waals surface area contributed by atoms with Crippen LogP contribution in [0, 0.1) is 28.6 Å². The van der Waals surface area contributed by atoms with Crippen LogP contribution in [0.25, 0.3) is 0 Å². The maximum Gasteiger partial charge on any atom is 0.302 e. The lowest BCUT2D eigenvalue weighted by atomic mass is 9.47. The summed E-state index contributed by atoms with van der Waals surface area (Å²) in [5, 5.41) is 2.23. The van der Waals surface area contributed by atoms with Crippen LogP contribution in [0.15, 0.2) is 17.8 Å². The van der Waals surface area contributed by atoms with E-state index < -0.39 is 0 Å². The van der Waals surface area contributed by atoms with E-state index in [4.69, 9.17) is 14.5 Å². The van der Waals surface area contributed by atoms with E-state index in [0.717, 1.165) is 42.1 Å². The van der Waals surface area contributed by atoms with Crippen LogP contribution in [0.2, 0.25) is 0 Å². The van der Waals surface area contributed by atoms with Gasteiger partial charge in [-0.05, 0) is 73.5 Å². The van der Waals surface area contributed by atoms with Crippen molar-refractivity contribution in [3.8, 4) is 5.06 Å². The quantitative estimate of drug-likeness (QED) is 0.428. The zero-order chi connectivity index (χ0) is 21.1. The van der Waals surface area contributed by atoms with Gasteiger partial charge in [-0.15, -0.1) is 0 Å². The molecular formula is C25H35NO3S. The molecule has 5 heteroatoms. The van der Waals surface area contributed by atoms with E-state index in [0.29, 0.717) is 16.7 Å². The summed E-state index contributed by atoms with van der Waals surface area (Å²) in [4.78, 5) is 16.2. The summed E-state index contributed by atoms with van der Waals surface area (Å²) >= 11 is 1.75. The molecule has 5 rings (SSSR count). The van der Waals surface area contributed by atoms with Gasteiger partial charge in [0.05, 0.1) is 18.3 Å². The number of thiazole rings is 1. The van der Waals surface area contributed by atoms with Crippen molar-refractivity contribution < 1.29 is 14.3 Å². The zero-order valence-corrected chi connectivity index (χ0v) is 19.6. The van der Waals surface area contributed by atoms with Crippen LogP contribution in [0.3, 0.4) is 0 Å². The van der Waals surface area contributed by atoms with Gasteiger partial charge in [-0.3, -0.25) is 4.79 Å². The van der Waals surface area contributed by atoms with Gasteiger partial charge in [-0.1, -0.05) is 36.8 Å². The van der Waals surface area contributed by atoms with Gasteiger partial charge >= 0.3 is 5.97 Å². The first kappa shape index (κ1) is 20.5. The molecule has 0 radical (unpaired) electrons. The summed E-state index contributed by atoms with van der Waals surface area (Å²) in [6.07, 6.45) is 14.1. The van der Waals surface area contributed by atoms with Gasteiger partial charge in [-0.25, -0.2) is 4.98 Å². The lowest BCUT2D eigenvalue weighted by Gasteiger charge is -2.58. The SMILES string of the molecule is COc1cnc(C2CC[C@H]3[C@@H]4CC=C5CC(OC(C)=O)CC[C@]5(C)[C@H]4CC[C@]23C)s1. The lowest BCUT2D eigenvalue weighted by Crippen LogP contribution is -2.50. The predicted molar refractivity (Wildman–Crippen MR) is 119 cm³/mol. The number of aromatic nitrogens is 1. The van der Waals surface area contributed by atoms with Crippen LogP contribution >= 0.6 is 11.3 Å². The van der Waals surface area contributed by atoms with Crippen molar-refractivity contribution in [3.63, 3.8) is 0 Å². The minimum absolute atomic E-state index is 0.0861. The van der Waals surface area contributed by atoms with Crippen molar-refractivity contribution in [2.75, 3.05) is 7.11 Å². The molecule has 0 spiro atoms. The molecule has 4 nitrogen and oxygen atoms in total. The number of esters is 1. The van der Waals surface area contributed by atoms with E-state index in [1.807, 2.05) is 6.20 Å². The third-order valence-corrected chi connectivity index (χ3v) is 10.5. The average molecular weight is 430 g/mol. The van der Waals surface area contributed by atoms with Crippen LogP contribution in [0.4, 0.5) is 0 Å². The molecule has 30 heavy (non-hydrogen) atoms. The summed E-state index contributed by atoms with van der Waals surface area (Å²) in [7, 11) is 1.74. The molecule has 1 aromatic heterocycles. The first-order chi connectivity index (χ1) is 14.3. The molecule has 3 fully saturated rings. The predicted octanol–water partition coefficient (Wildman–Crippen LogP) is 6.13. The highest BCUT2D eigenvalue weighted by Gasteiger charge is 2.59. The van der Waals surface area contributed by atoms with Crippen molar-refractivity contribution in [3.05, 3.63) is 22.9 Å². The van der Waals surface area contributed by atoms with Crippen LogP contribution in [0.1, 0.15) is 83.1 Å². The number of nitrogens with zero attached hydrogens (tertiary/aromatic N) is 1. The van der Waals surface area contributed by atoms with Gasteiger partial charge in [-0.2, -0.15) is 0 Å². The van der Waals surface area contributed by atoms with Gasteiger partial charge in [0.1, 0.15) is 6.10 Å². The Hall–Kier alpha value is -1.36. The number of hydrogen-bond acceptors (Lipinski definition) is 5. The van der Waals surface area contributed by atoms with Gasteiger partial charge in [0.15, 0.2) is 5.06 Å². The summed E-state index contributed by atoms with van der Waals surface area (Å²) in [5.74, 6) is 2.79. The Kier molecular flexibility index (Phi) is 5.04. The Balaban J connectivity index is 1.39. The fourth-order valence-corrected chi connectivity index (χ4v) is 8.93. The monoisotopic (exact) mass is 429 g/mol. The summed E-state index contributed by atoms with van der Waals surface area (Å²) in [6, 6.07) is 0. The Morgan fingerprint density at radius 1 is 1.17 bits per heavy atom. The number of methoxy groups -OCH3 is 1. The molecule has 0 bridgehead atoms. The molecule has 4 aliphatic carbocycles. The normalized spacial score (nSPS) is 42.5. The van der Waals surface area contributed by atoms with E-state index in [1.165, 1.54) is 44.0 Å². The maximum absolute atomic E-state index is 11.5. The number of fused-ring (bicyclic) bond motifs is 5. The highest BCUT2D eigenvalue weighted by molar-refractivity contribution is 7.13. The molecule has 0 amide bonds. The molecule has 1 heterocycles. The van der Waals surface area contributed by atoms with E-state index in [2.05, 4.69) is 19.9 Å². The van der Waals surface area contributed by atoms with E-state index >= 15 is 0 Å². The molecule has 4 aliphatic rings. The fourth-order valence-electron chi connectivity index (χ4n) is 7.90. The van der Waals surface area contributed by atoms with Crippen molar-refractivity contribution in [2.24, 2.45) is 28.6 Å². The third kappa shape index (κ3) is 3.06. The molecule has 0 aliphatic heterocycles. The molecule has 7 atom stereocenters. The highest BCUT2D eigenvalue weighted by Crippen LogP contribution is 2.68. The molecule has 0 aromatic carbocycles. The smallest absolute Gasteiger partial charge is 0.302 e. The summed E-state index contributed by atoms with van der Waals surface area (Å²) < 4.78 is 11.0. The molecule has 1 aromatic rings. The van der Waals surface area contributed by atoms with E-state index in [1.54, 1.807) is 24.0 Å². The standard InChI is InChI=1S/C25H35NO3S/c1-15(27)29-17-9-11-24(2)16(13-17)5-6-18-19-7-8-21(23-26-14-22(28-4)30-23)25(19,3)12-10-20(18)24/h5,14,17-21H,6-13H2,1-4H3/t17?,18-,19-,20-,21?,24-,25-/m0/s1. The molecule has 3 saturated carbocycles. The molecule has 0 saturated heterocycles. The first-order valence-electron chi connectivity index (χ1n) is 11.7. The number of allylic oxidation sites excluding steroid dienone is 1. The van der Waals surface area contributed by atoms with E-state index in [9.17, 15) is 4.79 Å². The second-order valence-corrected chi connectivity index (χ2v) is 11.7. The Morgan fingerprint density at radius 2 is 2.00 bits per heavy atom. The Labute approximate surface area is 184 Å². The number of ether oxygens (including phenoxy) is 2. The minimum Gasteiger partial charge on any atom is -0.486 e. The van der Waals surface area contributed by atoms with Gasteiger partial charge < -0.3 is 9.47 Å². The fraction of sp³-hybridized carbons (Fsp3) is 0.760. The maximum atomic E-state index is 11.5. The van der Waals surface area contributed by atoms with Gasteiger partial charge in [0.2, 0.25) is 0 Å². The van der Waals surface area contributed by atoms with Crippen molar-refractivity contribution in [1.82, 2.24) is 4.98 Å². The number of hydrogen-bond donors (Lipinski definition) is 0. The first-order valence-corrected chi connectivity index (χ1v) is 12.5. The average Bonchev–Trinajstić information content (AvgIpc) is 3.31. The molecular weight excluding hydrogens is 394 g/mol. The topological polar surface area (TPSA) is 48.4 Å². The number of rotatable bonds is 3. The second-order valence-electron chi connectivity index (χ2n) is 10.6. The second kappa shape index (κ2) is 7.36. The van der Waals surface area contributed by atoms with Gasteiger partial charge in [0, 0.05) is 19.3 Å². The lowest BCUT2D eigenvalue weighted by molar-refractivity contribution is -0.148. The molecule has 0 N–H and O–H groups in total. The summed E-state index contributed by atoms with van der Waals surface area (Å²) in [6.45, 7) is 6.61. The van der Waals surface area contributed by atoms with Crippen LogP contribution in [0.5, 0.6) is 5.06 Å². The van der Waals surface area contributed by atoms with Crippen molar-refractivity contribution in [2.45, 2.75) is 84.2 Å². The summed E-state index contributed by atoms with van der Waals surface area (Å²) in [5.41, 5.74) is 2.23. The van der Waals surface area contributed by atoms with Crippen LogP contribution in [-0.4, -0.2) is 24.2 Å².